The number of aromatic nitrogens is 1. The maximum absolute atomic E-state index is 12.1. The van der Waals surface area contributed by atoms with Gasteiger partial charge in [-0.3, -0.25) is 0 Å². The number of halogens is 3. The van der Waals surface area contributed by atoms with Gasteiger partial charge in [0, 0.05) is 13.0 Å². The third-order valence-corrected chi connectivity index (χ3v) is 2.51. The van der Waals surface area contributed by atoms with Gasteiger partial charge in [-0.25, -0.2) is 9.78 Å². The summed E-state index contributed by atoms with van der Waals surface area (Å²) in [5, 5.41) is 0. The molecule has 0 atom stereocenters. The molecule has 2 rings (SSSR count). The van der Waals surface area contributed by atoms with Crippen LogP contribution in [-0.4, -0.2) is 23.7 Å². The summed E-state index contributed by atoms with van der Waals surface area (Å²) in [6.07, 6.45) is -4.44. The molecule has 0 aliphatic carbocycles. The molecule has 0 unspecified atom stereocenters. The first-order chi connectivity index (χ1) is 10.2. The minimum atomic E-state index is -4.44. The Labute approximate surface area is 123 Å². The van der Waals surface area contributed by atoms with Crippen LogP contribution < -0.4 is 9.47 Å². The van der Waals surface area contributed by atoms with E-state index in [9.17, 15) is 18.0 Å². The lowest BCUT2D eigenvalue weighted by atomic mass is 10.3. The number of ether oxygens (including phenoxy) is 2. The van der Waals surface area contributed by atoms with Crippen LogP contribution in [0.5, 0.6) is 11.5 Å². The third-order valence-electron chi connectivity index (χ3n) is 2.51. The summed E-state index contributed by atoms with van der Waals surface area (Å²) in [4.78, 5) is 15.8. The van der Waals surface area contributed by atoms with Gasteiger partial charge in [0.2, 0.25) is 5.76 Å². The van der Waals surface area contributed by atoms with E-state index in [2.05, 4.69) is 9.72 Å². The summed E-state index contributed by atoms with van der Waals surface area (Å²) < 4.78 is 51.0. The molecule has 0 N–H and O–H groups in total. The number of alkyl halides is 3. The molecule has 8 heteroatoms. The Morgan fingerprint density at radius 3 is 2.55 bits per heavy atom. The van der Waals surface area contributed by atoms with E-state index in [4.69, 9.17) is 9.15 Å². The molecular weight excluding hydrogens is 303 g/mol. The molecule has 0 radical (unpaired) electrons. The molecule has 22 heavy (non-hydrogen) atoms. The standard InChI is InChI=1S/C14H12F3NO4/c1-8-12(21-9(2)18-8)13(19)22-11-5-3-4-10(6-11)20-7-14(15,16)17/h3-6H,7H2,1-2H3. The molecule has 5 nitrogen and oxygen atoms in total. The average Bonchev–Trinajstić information content (AvgIpc) is 2.75. The topological polar surface area (TPSA) is 61.6 Å². The van der Waals surface area contributed by atoms with Crippen LogP contribution in [0.25, 0.3) is 0 Å². The Bertz CT molecular complexity index is 679. The number of carbonyl (C=O) groups excluding carboxylic acids is 1. The summed E-state index contributed by atoms with van der Waals surface area (Å²) in [5.74, 6) is -0.553. The molecule has 0 saturated heterocycles. The number of hydrogen-bond donors (Lipinski definition) is 0. The molecule has 2 aromatic rings. The van der Waals surface area contributed by atoms with Crippen LogP contribution in [0.2, 0.25) is 0 Å². The first kappa shape index (κ1) is 15.9. The van der Waals surface area contributed by atoms with Gasteiger partial charge in [-0.15, -0.1) is 0 Å². The Hall–Kier alpha value is -2.51. The zero-order valence-corrected chi connectivity index (χ0v) is 11.7. The molecule has 1 heterocycles. The van der Waals surface area contributed by atoms with Crippen LogP contribution in [-0.2, 0) is 0 Å². The van der Waals surface area contributed by atoms with Gasteiger partial charge in [-0.05, 0) is 19.1 Å². The van der Waals surface area contributed by atoms with Crippen molar-refractivity contribution in [2.45, 2.75) is 20.0 Å². The molecule has 0 amide bonds. The number of aryl methyl sites for hydroxylation is 2. The quantitative estimate of drug-likeness (QED) is 0.639. The zero-order chi connectivity index (χ0) is 16.3. The fourth-order valence-electron chi connectivity index (χ4n) is 1.67. The van der Waals surface area contributed by atoms with Crippen LogP contribution in [0, 0.1) is 13.8 Å². The second-order valence-corrected chi connectivity index (χ2v) is 4.42. The first-order valence-electron chi connectivity index (χ1n) is 6.20. The summed E-state index contributed by atoms with van der Waals surface area (Å²) >= 11 is 0. The van der Waals surface area contributed by atoms with Crippen molar-refractivity contribution in [1.29, 1.82) is 0 Å². The Balaban J connectivity index is 2.07. The smallest absolute Gasteiger partial charge is 0.422 e. The fourth-order valence-corrected chi connectivity index (χ4v) is 1.67. The predicted octanol–water partition coefficient (Wildman–Crippen LogP) is 3.45. The number of benzene rings is 1. The lowest BCUT2D eigenvalue weighted by Gasteiger charge is -2.10. The lowest BCUT2D eigenvalue weighted by molar-refractivity contribution is -0.153. The molecule has 118 valence electrons. The summed E-state index contributed by atoms with van der Waals surface area (Å²) in [6, 6.07) is 5.33. The van der Waals surface area contributed by atoms with Crippen LogP contribution >= 0.6 is 0 Å². The maximum atomic E-state index is 12.1. The van der Waals surface area contributed by atoms with Crippen molar-refractivity contribution in [1.82, 2.24) is 4.98 Å². The highest BCUT2D eigenvalue weighted by atomic mass is 19.4. The van der Waals surface area contributed by atoms with Crippen molar-refractivity contribution in [2.75, 3.05) is 6.61 Å². The van der Waals surface area contributed by atoms with E-state index >= 15 is 0 Å². The monoisotopic (exact) mass is 315 g/mol. The summed E-state index contributed by atoms with van der Waals surface area (Å²) in [6.45, 7) is 1.73. The minimum absolute atomic E-state index is 0.0399. The van der Waals surface area contributed by atoms with Gasteiger partial charge in [-0.1, -0.05) is 6.07 Å². The summed E-state index contributed by atoms with van der Waals surface area (Å²) in [7, 11) is 0. The van der Waals surface area contributed by atoms with Crippen molar-refractivity contribution in [2.24, 2.45) is 0 Å². The molecule has 0 aliphatic rings. The van der Waals surface area contributed by atoms with E-state index < -0.39 is 18.8 Å². The van der Waals surface area contributed by atoms with E-state index in [1.165, 1.54) is 24.3 Å². The van der Waals surface area contributed by atoms with Crippen LogP contribution in [0.3, 0.4) is 0 Å². The van der Waals surface area contributed by atoms with Gasteiger partial charge in [0.15, 0.2) is 12.5 Å². The maximum Gasteiger partial charge on any atom is 0.422 e. The number of hydrogen-bond acceptors (Lipinski definition) is 5. The van der Waals surface area contributed by atoms with E-state index in [0.29, 0.717) is 11.6 Å². The third kappa shape index (κ3) is 4.24. The van der Waals surface area contributed by atoms with Crippen LogP contribution in [0.4, 0.5) is 13.2 Å². The normalized spacial score (nSPS) is 11.3. The number of esters is 1. The highest BCUT2D eigenvalue weighted by molar-refractivity contribution is 5.89. The van der Waals surface area contributed by atoms with Gasteiger partial charge >= 0.3 is 12.1 Å². The second-order valence-electron chi connectivity index (χ2n) is 4.42. The molecule has 1 aromatic heterocycles. The fraction of sp³-hybridized carbons (Fsp3) is 0.286. The highest BCUT2D eigenvalue weighted by Crippen LogP contribution is 2.23. The van der Waals surface area contributed by atoms with Crippen molar-refractivity contribution >= 4 is 5.97 Å². The molecule has 0 bridgehead atoms. The SMILES string of the molecule is Cc1nc(C)c(C(=O)Oc2cccc(OCC(F)(F)F)c2)o1. The van der Waals surface area contributed by atoms with E-state index in [1.54, 1.807) is 13.8 Å². The Kier molecular flexibility index (Phi) is 4.39. The zero-order valence-electron chi connectivity index (χ0n) is 11.7. The van der Waals surface area contributed by atoms with Crippen molar-refractivity contribution in [3.05, 3.63) is 41.6 Å². The number of nitrogens with zero attached hydrogens (tertiary/aromatic N) is 1. The summed E-state index contributed by atoms with van der Waals surface area (Å²) in [5.41, 5.74) is 0.368. The highest BCUT2D eigenvalue weighted by Gasteiger charge is 2.28. The van der Waals surface area contributed by atoms with E-state index in [-0.39, 0.29) is 17.3 Å². The minimum Gasteiger partial charge on any atom is -0.484 e. The average molecular weight is 315 g/mol. The van der Waals surface area contributed by atoms with Gasteiger partial charge in [0.25, 0.3) is 0 Å². The number of carbonyl (C=O) groups is 1. The largest absolute Gasteiger partial charge is 0.484 e. The second kappa shape index (κ2) is 6.08. The molecule has 1 aromatic carbocycles. The van der Waals surface area contributed by atoms with E-state index in [0.717, 1.165) is 0 Å². The van der Waals surface area contributed by atoms with Crippen molar-refractivity contribution in [3.63, 3.8) is 0 Å². The first-order valence-corrected chi connectivity index (χ1v) is 6.20. The van der Waals surface area contributed by atoms with Crippen LogP contribution in [0.15, 0.2) is 28.7 Å². The molecular formula is C14H12F3NO4. The molecule has 0 fully saturated rings. The van der Waals surface area contributed by atoms with Gasteiger partial charge in [0.1, 0.15) is 11.5 Å². The predicted molar refractivity (Wildman–Crippen MR) is 68.9 cm³/mol. The van der Waals surface area contributed by atoms with Gasteiger partial charge < -0.3 is 13.9 Å². The van der Waals surface area contributed by atoms with Crippen molar-refractivity contribution in [3.8, 4) is 11.5 Å². The molecule has 0 spiro atoms. The number of oxazole rings is 1. The van der Waals surface area contributed by atoms with Gasteiger partial charge in [-0.2, -0.15) is 13.2 Å². The van der Waals surface area contributed by atoms with Gasteiger partial charge in [0.05, 0.1) is 5.69 Å². The molecule has 0 aliphatic heterocycles. The van der Waals surface area contributed by atoms with E-state index in [1.807, 2.05) is 0 Å². The lowest BCUT2D eigenvalue weighted by Crippen LogP contribution is -2.19. The Morgan fingerprint density at radius 1 is 1.27 bits per heavy atom. The number of rotatable bonds is 4. The molecule has 0 saturated carbocycles. The van der Waals surface area contributed by atoms with Crippen LogP contribution in [0.1, 0.15) is 22.1 Å². The van der Waals surface area contributed by atoms with Crippen molar-refractivity contribution < 1.29 is 31.9 Å². The Morgan fingerprint density at radius 2 is 1.95 bits per heavy atom.